The van der Waals surface area contributed by atoms with Crippen molar-refractivity contribution in [1.82, 2.24) is 14.6 Å². The third-order valence-electron chi connectivity index (χ3n) is 5.90. The van der Waals surface area contributed by atoms with Crippen LogP contribution in [0.1, 0.15) is 46.8 Å². The third kappa shape index (κ3) is 4.36. The Labute approximate surface area is 203 Å². The normalized spacial score (nSPS) is 11.7. The van der Waals surface area contributed by atoms with Crippen molar-refractivity contribution < 1.29 is 4.79 Å². The Morgan fingerprint density at radius 2 is 1.71 bits per heavy atom. The van der Waals surface area contributed by atoms with Crippen LogP contribution in [0.3, 0.4) is 0 Å². The van der Waals surface area contributed by atoms with Gasteiger partial charge in [-0.25, -0.2) is 9.97 Å². The van der Waals surface area contributed by atoms with Crippen LogP contribution in [0.2, 0.25) is 0 Å². The molecular formula is C28H26N6O. The second-order valence-electron chi connectivity index (χ2n) is 8.85. The molecule has 0 aliphatic rings. The highest BCUT2D eigenvalue weighted by Crippen LogP contribution is 2.29. The zero-order chi connectivity index (χ0) is 24.5. The first-order valence-corrected chi connectivity index (χ1v) is 11.5. The topological polar surface area (TPSA) is 98.2 Å². The second-order valence-corrected chi connectivity index (χ2v) is 8.85. The molecule has 7 heteroatoms. The van der Waals surface area contributed by atoms with Crippen LogP contribution in [-0.2, 0) is 0 Å². The summed E-state index contributed by atoms with van der Waals surface area (Å²) in [5, 5.41) is 7.53. The molecule has 0 fully saturated rings. The number of hydrogen-bond acceptors (Lipinski definition) is 5. The average molecular weight is 463 g/mol. The van der Waals surface area contributed by atoms with Gasteiger partial charge in [-0.15, -0.1) is 0 Å². The number of carbonyl (C=O) groups excluding carboxylic acids is 1. The summed E-state index contributed by atoms with van der Waals surface area (Å²) in [6.45, 7) is 6.28. The lowest BCUT2D eigenvalue weighted by Crippen LogP contribution is -2.14. The molecule has 2 aromatic heterocycles. The smallest absolute Gasteiger partial charge is 0.261 e. The van der Waals surface area contributed by atoms with Gasteiger partial charge in [-0.05, 0) is 53.8 Å². The number of nitrogens with two attached hydrogens (primary N) is 1. The molecule has 0 saturated carbocycles. The molecule has 5 aromatic rings. The Hall–Kier alpha value is -4.52. The number of aromatic nitrogens is 3. The van der Waals surface area contributed by atoms with Gasteiger partial charge < -0.3 is 11.1 Å². The molecule has 0 bridgehead atoms. The van der Waals surface area contributed by atoms with Crippen molar-refractivity contribution in [2.24, 2.45) is 5.10 Å². The number of anilines is 2. The van der Waals surface area contributed by atoms with E-state index in [1.165, 1.54) is 10.2 Å². The van der Waals surface area contributed by atoms with E-state index in [9.17, 15) is 4.79 Å². The molecule has 35 heavy (non-hydrogen) atoms. The molecule has 3 N–H and O–H groups in total. The van der Waals surface area contributed by atoms with Crippen molar-refractivity contribution in [2.75, 3.05) is 11.1 Å². The minimum absolute atomic E-state index is 0.176. The molecule has 0 spiro atoms. The maximum Gasteiger partial charge on any atom is 0.261 e. The number of carbonyl (C=O) groups is 1. The van der Waals surface area contributed by atoms with Gasteiger partial charge in [0.15, 0.2) is 5.65 Å². The van der Waals surface area contributed by atoms with E-state index in [1.54, 1.807) is 6.21 Å². The van der Waals surface area contributed by atoms with Crippen LogP contribution in [0.25, 0.3) is 22.2 Å². The van der Waals surface area contributed by atoms with Gasteiger partial charge in [0.05, 0.1) is 17.2 Å². The lowest BCUT2D eigenvalue weighted by molar-refractivity contribution is 0.102. The predicted octanol–water partition coefficient (Wildman–Crippen LogP) is 5.73. The third-order valence-corrected chi connectivity index (χ3v) is 5.90. The highest BCUT2D eigenvalue weighted by Gasteiger charge is 2.24. The van der Waals surface area contributed by atoms with E-state index in [1.807, 2.05) is 67.6 Å². The number of para-hydroxylation sites is 2. The zero-order valence-electron chi connectivity index (χ0n) is 19.9. The van der Waals surface area contributed by atoms with Gasteiger partial charge in [0, 0.05) is 5.69 Å². The molecule has 0 atom stereocenters. The standard InChI is InChI=1S/C28H26N6O/c1-17(2)20-13-11-19(12-14-20)16-30-34-26(29)24(28(35)31-21-8-6-7-18(3)15-21)25-27(34)33-23-10-5-4-9-22(23)32-25/h4-17H,29H2,1-3H3,(H,31,35)/b30-16-. The number of nitrogen functional groups attached to an aromatic ring is 1. The molecule has 0 unspecified atom stereocenters. The van der Waals surface area contributed by atoms with Crippen LogP contribution >= 0.6 is 0 Å². The van der Waals surface area contributed by atoms with E-state index in [0.29, 0.717) is 33.8 Å². The number of benzene rings is 3. The van der Waals surface area contributed by atoms with Gasteiger partial charge in [-0.2, -0.15) is 9.78 Å². The lowest BCUT2D eigenvalue weighted by atomic mass is 10.0. The van der Waals surface area contributed by atoms with Crippen LogP contribution in [0, 0.1) is 6.92 Å². The molecule has 2 heterocycles. The van der Waals surface area contributed by atoms with Crippen LogP contribution in [-0.4, -0.2) is 26.8 Å². The largest absolute Gasteiger partial charge is 0.383 e. The Morgan fingerprint density at radius 1 is 1.00 bits per heavy atom. The molecule has 0 aliphatic carbocycles. The number of amides is 1. The summed E-state index contributed by atoms with van der Waals surface area (Å²) >= 11 is 0. The average Bonchev–Trinajstić information content (AvgIpc) is 3.11. The molecular weight excluding hydrogens is 436 g/mol. The van der Waals surface area contributed by atoms with Crippen LogP contribution in [0.15, 0.2) is 77.9 Å². The number of rotatable bonds is 5. The Morgan fingerprint density at radius 3 is 2.40 bits per heavy atom. The SMILES string of the molecule is Cc1cccc(NC(=O)c2c(N)n(/N=C\c3ccc(C(C)C)cc3)c3nc4ccccc4nc23)c1. The number of fused-ring (bicyclic) bond motifs is 2. The highest BCUT2D eigenvalue weighted by molar-refractivity contribution is 6.16. The summed E-state index contributed by atoms with van der Waals surface area (Å²) in [6, 6.07) is 23.3. The van der Waals surface area contributed by atoms with Gasteiger partial charge in [-0.3, -0.25) is 4.79 Å². The van der Waals surface area contributed by atoms with Crippen LogP contribution in [0.4, 0.5) is 11.5 Å². The van der Waals surface area contributed by atoms with Crippen molar-refractivity contribution in [3.8, 4) is 0 Å². The lowest BCUT2D eigenvalue weighted by Gasteiger charge is -2.06. The Balaban J connectivity index is 1.62. The summed E-state index contributed by atoms with van der Waals surface area (Å²) in [7, 11) is 0. The van der Waals surface area contributed by atoms with E-state index < -0.39 is 0 Å². The second kappa shape index (κ2) is 9.02. The monoisotopic (exact) mass is 462 g/mol. The van der Waals surface area contributed by atoms with E-state index in [2.05, 4.69) is 36.4 Å². The number of nitrogens with one attached hydrogen (secondary N) is 1. The summed E-state index contributed by atoms with van der Waals surface area (Å²) in [5.41, 5.74) is 12.8. The molecule has 3 aromatic carbocycles. The van der Waals surface area contributed by atoms with Crippen LogP contribution in [0.5, 0.6) is 0 Å². The molecule has 5 rings (SSSR count). The van der Waals surface area contributed by atoms with E-state index in [4.69, 9.17) is 15.7 Å². The van der Waals surface area contributed by atoms with Crippen LogP contribution < -0.4 is 11.1 Å². The van der Waals surface area contributed by atoms with Crippen molar-refractivity contribution in [3.05, 3.63) is 95.1 Å². The number of aryl methyl sites for hydroxylation is 1. The van der Waals surface area contributed by atoms with E-state index >= 15 is 0 Å². The maximum atomic E-state index is 13.4. The first-order valence-electron chi connectivity index (χ1n) is 11.5. The van der Waals surface area contributed by atoms with E-state index in [-0.39, 0.29) is 17.3 Å². The minimum Gasteiger partial charge on any atom is -0.383 e. The van der Waals surface area contributed by atoms with Gasteiger partial charge >= 0.3 is 0 Å². The molecule has 0 aliphatic heterocycles. The Bertz CT molecular complexity index is 1580. The molecule has 174 valence electrons. The minimum atomic E-state index is -0.363. The Kier molecular flexibility index (Phi) is 5.74. The molecule has 0 radical (unpaired) electrons. The fraction of sp³-hybridized carbons (Fsp3) is 0.143. The number of hydrogen-bond donors (Lipinski definition) is 2. The molecule has 7 nitrogen and oxygen atoms in total. The van der Waals surface area contributed by atoms with Crippen molar-refractivity contribution >= 4 is 45.8 Å². The quantitative estimate of drug-likeness (QED) is 0.326. The molecule has 1 amide bonds. The first kappa shape index (κ1) is 22.3. The van der Waals surface area contributed by atoms with Gasteiger partial charge in [-0.1, -0.05) is 62.4 Å². The maximum absolute atomic E-state index is 13.4. The fourth-order valence-corrected chi connectivity index (χ4v) is 4.00. The highest BCUT2D eigenvalue weighted by atomic mass is 16.1. The van der Waals surface area contributed by atoms with Crippen molar-refractivity contribution in [1.29, 1.82) is 0 Å². The summed E-state index contributed by atoms with van der Waals surface area (Å²) in [6.07, 6.45) is 1.71. The van der Waals surface area contributed by atoms with Crippen molar-refractivity contribution in [2.45, 2.75) is 26.7 Å². The van der Waals surface area contributed by atoms with Crippen molar-refractivity contribution in [3.63, 3.8) is 0 Å². The van der Waals surface area contributed by atoms with Gasteiger partial charge in [0.25, 0.3) is 5.91 Å². The summed E-state index contributed by atoms with van der Waals surface area (Å²) in [4.78, 5) is 22.8. The summed E-state index contributed by atoms with van der Waals surface area (Å²) < 4.78 is 1.48. The predicted molar refractivity (Wildman–Crippen MR) is 142 cm³/mol. The summed E-state index contributed by atoms with van der Waals surface area (Å²) in [5.74, 6) is 0.261. The zero-order valence-corrected chi connectivity index (χ0v) is 19.9. The fourth-order valence-electron chi connectivity index (χ4n) is 4.00. The molecule has 0 saturated heterocycles. The van der Waals surface area contributed by atoms with Gasteiger partial charge in [0.1, 0.15) is 16.9 Å². The van der Waals surface area contributed by atoms with Gasteiger partial charge in [0.2, 0.25) is 0 Å². The first-order chi connectivity index (χ1) is 16.9. The van der Waals surface area contributed by atoms with E-state index in [0.717, 1.165) is 11.1 Å². The number of nitrogens with zero attached hydrogens (tertiary/aromatic N) is 4.